The Morgan fingerprint density at radius 1 is 1.16 bits per heavy atom. The normalized spacial score (nSPS) is 29.7. The Kier molecular flexibility index (Phi) is 7.38. The van der Waals surface area contributed by atoms with Crippen molar-refractivity contribution in [2.24, 2.45) is 11.8 Å². The zero-order chi connectivity index (χ0) is 14.3. The molecule has 1 aliphatic rings. The smallest absolute Gasteiger partial charge is 0.0810 e. The highest BCUT2D eigenvalue weighted by Crippen LogP contribution is 2.38. The molecule has 0 aromatic rings. The summed E-state index contributed by atoms with van der Waals surface area (Å²) in [5.74, 6) is 1.73. The van der Waals surface area contributed by atoms with Crippen molar-refractivity contribution in [1.29, 1.82) is 0 Å². The molecule has 1 atom stereocenters. The highest BCUT2D eigenvalue weighted by molar-refractivity contribution is 4.90. The van der Waals surface area contributed by atoms with Crippen molar-refractivity contribution >= 4 is 0 Å². The fourth-order valence-corrected chi connectivity index (χ4v) is 3.41. The van der Waals surface area contributed by atoms with Crippen LogP contribution in [0, 0.1) is 11.8 Å². The van der Waals surface area contributed by atoms with E-state index in [0.717, 1.165) is 24.9 Å². The molecule has 2 nitrogen and oxygen atoms in total. The molecule has 0 spiro atoms. The second kappa shape index (κ2) is 8.26. The first-order chi connectivity index (χ1) is 9.03. The lowest BCUT2D eigenvalue weighted by Crippen LogP contribution is -2.48. The van der Waals surface area contributed by atoms with Crippen molar-refractivity contribution in [3.63, 3.8) is 0 Å². The van der Waals surface area contributed by atoms with Crippen LogP contribution in [0.1, 0.15) is 73.1 Å². The predicted molar refractivity (Wildman–Crippen MR) is 83.5 cm³/mol. The zero-order valence-electron chi connectivity index (χ0n) is 13.8. The third-order valence-corrected chi connectivity index (χ3v) is 4.73. The number of hydrogen-bond donors (Lipinski definition) is 1. The van der Waals surface area contributed by atoms with Crippen LogP contribution in [0.2, 0.25) is 0 Å². The van der Waals surface area contributed by atoms with Gasteiger partial charge in [-0.2, -0.15) is 0 Å². The standard InChI is InChI=1S/C17H35NO/c1-6-8-15(5)19-17(13-18-7-2)11-9-16(10-12-17)14(3)4/h14-16,18H,6-13H2,1-5H3. The third kappa shape index (κ3) is 5.43. The van der Waals surface area contributed by atoms with Crippen LogP contribution in [0.25, 0.3) is 0 Å². The quantitative estimate of drug-likeness (QED) is 0.706. The molecule has 114 valence electrons. The maximum Gasteiger partial charge on any atom is 0.0810 e. The Hall–Kier alpha value is -0.0800. The molecule has 0 bridgehead atoms. The SMILES string of the molecule is CCCC(C)OC1(CNCC)CCC(C(C)C)CC1. The van der Waals surface area contributed by atoms with E-state index in [1.54, 1.807) is 0 Å². The molecule has 0 amide bonds. The van der Waals surface area contributed by atoms with E-state index in [4.69, 9.17) is 4.74 Å². The van der Waals surface area contributed by atoms with Crippen LogP contribution in [-0.2, 0) is 4.74 Å². The third-order valence-electron chi connectivity index (χ3n) is 4.73. The van der Waals surface area contributed by atoms with E-state index in [0.29, 0.717) is 6.10 Å². The van der Waals surface area contributed by atoms with Gasteiger partial charge in [0.15, 0.2) is 0 Å². The number of hydrogen-bond acceptors (Lipinski definition) is 2. The summed E-state index contributed by atoms with van der Waals surface area (Å²) in [4.78, 5) is 0. The van der Waals surface area contributed by atoms with Gasteiger partial charge in [0.1, 0.15) is 0 Å². The Labute approximate surface area is 120 Å². The number of rotatable bonds is 8. The number of likely N-dealkylation sites (N-methyl/N-ethyl adjacent to an activating group) is 1. The van der Waals surface area contributed by atoms with Gasteiger partial charge in [0.2, 0.25) is 0 Å². The van der Waals surface area contributed by atoms with Gasteiger partial charge in [-0.05, 0) is 57.4 Å². The van der Waals surface area contributed by atoms with Gasteiger partial charge in [0, 0.05) is 6.54 Å². The van der Waals surface area contributed by atoms with E-state index in [-0.39, 0.29) is 5.60 Å². The fourth-order valence-electron chi connectivity index (χ4n) is 3.41. The molecule has 1 rings (SSSR count). The predicted octanol–water partition coefficient (Wildman–Crippen LogP) is 4.39. The molecule has 1 aliphatic carbocycles. The highest BCUT2D eigenvalue weighted by atomic mass is 16.5. The average molecular weight is 269 g/mol. The van der Waals surface area contributed by atoms with Gasteiger partial charge in [-0.3, -0.25) is 0 Å². The number of nitrogens with one attached hydrogen (secondary N) is 1. The molecule has 1 fully saturated rings. The molecule has 1 unspecified atom stereocenters. The van der Waals surface area contributed by atoms with Crippen LogP contribution in [0.4, 0.5) is 0 Å². The van der Waals surface area contributed by atoms with Crippen molar-refractivity contribution in [1.82, 2.24) is 5.32 Å². The summed E-state index contributed by atoms with van der Waals surface area (Å²) in [5, 5.41) is 3.53. The Morgan fingerprint density at radius 3 is 2.26 bits per heavy atom. The van der Waals surface area contributed by atoms with E-state index in [1.807, 2.05) is 0 Å². The molecule has 0 aromatic carbocycles. The lowest BCUT2D eigenvalue weighted by atomic mass is 9.74. The van der Waals surface area contributed by atoms with Crippen LogP contribution in [0.3, 0.4) is 0 Å². The van der Waals surface area contributed by atoms with Gasteiger partial charge in [0.05, 0.1) is 11.7 Å². The van der Waals surface area contributed by atoms with Gasteiger partial charge < -0.3 is 10.1 Å². The second-order valence-electron chi connectivity index (χ2n) is 6.76. The van der Waals surface area contributed by atoms with E-state index in [9.17, 15) is 0 Å². The molecule has 0 aromatic heterocycles. The van der Waals surface area contributed by atoms with Gasteiger partial charge in [-0.15, -0.1) is 0 Å². The highest BCUT2D eigenvalue weighted by Gasteiger charge is 2.37. The van der Waals surface area contributed by atoms with Gasteiger partial charge in [-0.1, -0.05) is 34.1 Å². The fraction of sp³-hybridized carbons (Fsp3) is 1.00. The summed E-state index contributed by atoms with van der Waals surface area (Å²) in [5.41, 5.74) is 0.107. The summed E-state index contributed by atoms with van der Waals surface area (Å²) < 4.78 is 6.49. The Morgan fingerprint density at radius 2 is 1.79 bits per heavy atom. The molecular weight excluding hydrogens is 234 g/mol. The molecule has 2 heteroatoms. The molecule has 1 N–H and O–H groups in total. The van der Waals surface area contributed by atoms with Crippen LogP contribution in [-0.4, -0.2) is 24.8 Å². The molecule has 1 saturated carbocycles. The zero-order valence-corrected chi connectivity index (χ0v) is 13.8. The van der Waals surface area contributed by atoms with E-state index in [2.05, 4.69) is 39.9 Å². The minimum Gasteiger partial charge on any atom is -0.371 e. The minimum absolute atomic E-state index is 0.107. The van der Waals surface area contributed by atoms with Gasteiger partial charge in [0.25, 0.3) is 0 Å². The number of ether oxygens (including phenoxy) is 1. The van der Waals surface area contributed by atoms with Crippen molar-refractivity contribution in [2.45, 2.75) is 84.8 Å². The van der Waals surface area contributed by atoms with E-state index >= 15 is 0 Å². The van der Waals surface area contributed by atoms with Crippen molar-refractivity contribution in [2.75, 3.05) is 13.1 Å². The molecule has 0 aliphatic heterocycles. The Balaban J connectivity index is 2.57. The van der Waals surface area contributed by atoms with E-state index in [1.165, 1.54) is 38.5 Å². The first-order valence-corrected chi connectivity index (χ1v) is 8.41. The second-order valence-corrected chi connectivity index (χ2v) is 6.76. The summed E-state index contributed by atoms with van der Waals surface area (Å²) in [6.07, 6.45) is 7.94. The summed E-state index contributed by atoms with van der Waals surface area (Å²) in [7, 11) is 0. The minimum atomic E-state index is 0.107. The van der Waals surface area contributed by atoms with Gasteiger partial charge >= 0.3 is 0 Å². The van der Waals surface area contributed by atoms with Crippen LogP contribution in [0.5, 0.6) is 0 Å². The lowest BCUT2D eigenvalue weighted by molar-refractivity contribution is -0.116. The average Bonchev–Trinajstić information content (AvgIpc) is 2.37. The molecular formula is C17H35NO. The first kappa shape index (κ1) is 17.0. The maximum atomic E-state index is 6.49. The molecule has 0 heterocycles. The monoisotopic (exact) mass is 269 g/mol. The summed E-state index contributed by atoms with van der Waals surface area (Å²) >= 11 is 0. The maximum absolute atomic E-state index is 6.49. The largest absolute Gasteiger partial charge is 0.371 e. The lowest BCUT2D eigenvalue weighted by Gasteiger charge is -2.43. The topological polar surface area (TPSA) is 21.3 Å². The van der Waals surface area contributed by atoms with Crippen LogP contribution >= 0.6 is 0 Å². The van der Waals surface area contributed by atoms with Crippen molar-refractivity contribution in [3.05, 3.63) is 0 Å². The molecule has 19 heavy (non-hydrogen) atoms. The van der Waals surface area contributed by atoms with Crippen LogP contribution < -0.4 is 5.32 Å². The van der Waals surface area contributed by atoms with Crippen molar-refractivity contribution in [3.8, 4) is 0 Å². The summed E-state index contributed by atoms with van der Waals surface area (Å²) in [6.45, 7) is 13.5. The first-order valence-electron chi connectivity index (χ1n) is 8.41. The summed E-state index contributed by atoms with van der Waals surface area (Å²) in [6, 6.07) is 0. The molecule has 0 radical (unpaired) electrons. The molecule has 0 saturated heterocycles. The Bertz CT molecular complexity index is 231. The van der Waals surface area contributed by atoms with Gasteiger partial charge in [-0.25, -0.2) is 0 Å². The van der Waals surface area contributed by atoms with Crippen molar-refractivity contribution < 1.29 is 4.74 Å². The van der Waals surface area contributed by atoms with E-state index < -0.39 is 0 Å². The van der Waals surface area contributed by atoms with Crippen LogP contribution in [0.15, 0.2) is 0 Å².